The van der Waals surface area contributed by atoms with Crippen molar-refractivity contribution in [3.8, 4) is 5.75 Å². The molecule has 2 rings (SSSR count). The molecule has 2 N–H and O–H groups in total. The number of para-hydroxylation sites is 1. The summed E-state index contributed by atoms with van der Waals surface area (Å²) in [5, 5.41) is 5.46. The second-order valence-electron chi connectivity index (χ2n) is 7.50. The minimum Gasteiger partial charge on any atom is -0.497 e. The van der Waals surface area contributed by atoms with Crippen LogP contribution in [0.1, 0.15) is 43.1 Å². The Morgan fingerprint density at radius 3 is 2.35 bits per heavy atom. The Morgan fingerprint density at radius 2 is 1.71 bits per heavy atom. The van der Waals surface area contributed by atoms with Crippen molar-refractivity contribution in [1.29, 1.82) is 0 Å². The van der Waals surface area contributed by atoms with Gasteiger partial charge in [-0.15, -0.1) is 0 Å². The molecule has 164 valence electrons. The van der Waals surface area contributed by atoms with E-state index in [1.807, 2.05) is 32.9 Å². The Hall–Kier alpha value is -3.61. The fourth-order valence-electron chi connectivity index (χ4n) is 2.54. The van der Waals surface area contributed by atoms with E-state index in [9.17, 15) is 14.4 Å². The van der Waals surface area contributed by atoms with Gasteiger partial charge >= 0.3 is 5.97 Å². The molecule has 0 aromatic heterocycles. The highest BCUT2D eigenvalue weighted by atomic mass is 16.5. The standard InChI is InChI=1S/C24H28N2O5/c1-5-24(2,3)26-22(28)16-31-23(29)19-8-6-7-9-20(19)25-21(27)15-12-17-10-13-18(30-4)14-11-17/h6-15H,5,16H2,1-4H3,(H,25,27)(H,26,28)/b15-12+. The maximum absolute atomic E-state index is 12.4. The first-order valence-corrected chi connectivity index (χ1v) is 9.94. The van der Waals surface area contributed by atoms with Crippen molar-refractivity contribution >= 4 is 29.5 Å². The molecule has 0 spiro atoms. The fourth-order valence-corrected chi connectivity index (χ4v) is 2.54. The maximum atomic E-state index is 12.4. The van der Waals surface area contributed by atoms with Crippen LogP contribution in [0.25, 0.3) is 6.08 Å². The Morgan fingerprint density at radius 1 is 1.03 bits per heavy atom. The molecule has 0 aliphatic heterocycles. The van der Waals surface area contributed by atoms with Crippen molar-refractivity contribution in [1.82, 2.24) is 5.32 Å². The average molecular weight is 424 g/mol. The highest BCUT2D eigenvalue weighted by Gasteiger charge is 2.20. The van der Waals surface area contributed by atoms with Crippen LogP contribution in [0.4, 0.5) is 5.69 Å². The summed E-state index contributed by atoms with van der Waals surface area (Å²) < 4.78 is 10.2. The summed E-state index contributed by atoms with van der Waals surface area (Å²) in [6.07, 6.45) is 3.76. The first-order chi connectivity index (χ1) is 14.7. The summed E-state index contributed by atoms with van der Waals surface area (Å²) in [6, 6.07) is 13.7. The zero-order valence-corrected chi connectivity index (χ0v) is 18.2. The predicted octanol–water partition coefficient (Wildman–Crippen LogP) is 3.81. The number of anilines is 1. The van der Waals surface area contributed by atoms with Gasteiger partial charge in [-0.3, -0.25) is 9.59 Å². The SMILES string of the molecule is CCC(C)(C)NC(=O)COC(=O)c1ccccc1NC(=O)/C=C/c1ccc(OC)cc1. The van der Waals surface area contributed by atoms with Gasteiger partial charge in [-0.1, -0.05) is 31.2 Å². The van der Waals surface area contributed by atoms with Crippen molar-refractivity contribution in [2.45, 2.75) is 32.7 Å². The van der Waals surface area contributed by atoms with Crippen LogP contribution in [0.2, 0.25) is 0 Å². The number of nitrogens with one attached hydrogen (secondary N) is 2. The smallest absolute Gasteiger partial charge is 0.340 e. The van der Waals surface area contributed by atoms with Gasteiger partial charge in [0, 0.05) is 11.6 Å². The number of rotatable bonds is 9. The van der Waals surface area contributed by atoms with Gasteiger partial charge in [0.1, 0.15) is 5.75 Å². The van der Waals surface area contributed by atoms with Gasteiger partial charge in [0.25, 0.3) is 5.91 Å². The molecule has 0 fully saturated rings. The van der Waals surface area contributed by atoms with Crippen LogP contribution in [0.3, 0.4) is 0 Å². The third-order valence-electron chi connectivity index (χ3n) is 4.64. The normalized spacial score (nSPS) is 11.1. The summed E-state index contributed by atoms with van der Waals surface area (Å²) in [6.45, 7) is 5.32. The number of esters is 1. The molecule has 2 aromatic carbocycles. The van der Waals surface area contributed by atoms with Crippen molar-refractivity contribution in [3.63, 3.8) is 0 Å². The molecule has 0 aliphatic rings. The quantitative estimate of drug-likeness (QED) is 0.472. The van der Waals surface area contributed by atoms with E-state index < -0.39 is 18.5 Å². The van der Waals surface area contributed by atoms with Crippen LogP contribution in [0.5, 0.6) is 5.75 Å². The third-order valence-corrected chi connectivity index (χ3v) is 4.64. The summed E-state index contributed by atoms with van der Waals surface area (Å²) in [7, 11) is 1.58. The van der Waals surface area contributed by atoms with Gasteiger partial charge in [0.05, 0.1) is 18.4 Å². The van der Waals surface area contributed by atoms with Crippen LogP contribution < -0.4 is 15.4 Å². The van der Waals surface area contributed by atoms with Gasteiger partial charge in [0.2, 0.25) is 5.91 Å². The molecule has 0 atom stereocenters. The summed E-state index contributed by atoms with van der Waals surface area (Å²) in [5.74, 6) is -0.761. The molecular weight excluding hydrogens is 396 g/mol. The van der Waals surface area contributed by atoms with Gasteiger partial charge in [-0.05, 0) is 56.2 Å². The highest BCUT2D eigenvalue weighted by Crippen LogP contribution is 2.17. The number of hydrogen-bond donors (Lipinski definition) is 2. The Labute approximate surface area is 182 Å². The first kappa shape index (κ1) is 23.7. The van der Waals surface area contributed by atoms with Crippen LogP contribution in [-0.2, 0) is 14.3 Å². The number of carbonyl (C=O) groups is 3. The Bertz CT molecular complexity index is 949. The molecule has 7 heteroatoms. The van der Waals surface area contributed by atoms with Crippen LogP contribution in [-0.4, -0.2) is 37.0 Å². The number of methoxy groups -OCH3 is 1. The van der Waals surface area contributed by atoms with E-state index in [0.29, 0.717) is 5.69 Å². The number of ether oxygens (including phenoxy) is 2. The lowest BCUT2D eigenvalue weighted by molar-refractivity contribution is -0.125. The molecule has 0 bridgehead atoms. The molecule has 0 unspecified atom stereocenters. The van der Waals surface area contributed by atoms with Crippen LogP contribution in [0.15, 0.2) is 54.6 Å². The molecule has 31 heavy (non-hydrogen) atoms. The Kier molecular flexibility index (Phi) is 8.37. The summed E-state index contributed by atoms with van der Waals surface area (Å²) in [4.78, 5) is 36.7. The second-order valence-corrected chi connectivity index (χ2v) is 7.50. The maximum Gasteiger partial charge on any atom is 0.340 e. The van der Waals surface area contributed by atoms with Crippen molar-refractivity contribution in [2.24, 2.45) is 0 Å². The minimum absolute atomic E-state index is 0.163. The van der Waals surface area contributed by atoms with Gasteiger partial charge in [0.15, 0.2) is 6.61 Å². The second kappa shape index (κ2) is 11.0. The molecule has 0 aliphatic carbocycles. The first-order valence-electron chi connectivity index (χ1n) is 9.94. The molecule has 0 radical (unpaired) electrons. The lowest BCUT2D eigenvalue weighted by atomic mass is 10.0. The topological polar surface area (TPSA) is 93.7 Å². The molecule has 2 amide bonds. The number of hydrogen-bond acceptors (Lipinski definition) is 5. The van der Waals surface area contributed by atoms with E-state index in [-0.39, 0.29) is 17.0 Å². The third kappa shape index (κ3) is 7.62. The van der Waals surface area contributed by atoms with Crippen molar-refractivity contribution < 1.29 is 23.9 Å². The minimum atomic E-state index is -0.695. The summed E-state index contributed by atoms with van der Waals surface area (Å²) in [5.41, 5.74) is 0.901. The monoisotopic (exact) mass is 424 g/mol. The van der Waals surface area contributed by atoms with E-state index in [0.717, 1.165) is 17.7 Å². The highest BCUT2D eigenvalue weighted by molar-refractivity contribution is 6.06. The molecule has 0 saturated carbocycles. The Balaban J connectivity index is 1.98. The fraction of sp³-hybridized carbons (Fsp3) is 0.292. The molecule has 0 saturated heterocycles. The lowest BCUT2D eigenvalue weighted by Crippen LogP contribution is -2.44. The van der Waals surface area contributed by atoms with Gasteiger partial charge < -0.3 is 20.1 Å². The molecule has 0 heterocycles. The van der Waals surface area contributed by atoms with Crippen molar-refractivity contribution in [2.75, 3.05) is 19.0 Å². The van der Waals surface area contributed by atoms with Gasteiger partial charge in [-0.2, -0.15) is 0 Å². The van der Waals surface area contributed by atoms with E-state index in [1.165, 1.54) is 12.1 Å². The zero-order valence-electron chi connectivity index (χ0n) is 18.2. The van der Waals surface area contributed by atoms with E-state index >= 15 is 0 Å². The number of carbonyl (C=O) groups excluding carboxylic acids is 3. The molecular formula is C24H28N2O5. The summed E-state index contributed by atoms with van der Waals surface area (Å²) >= 11 is 0. The molecule has 2 aromatic rings. The number of amides is 2. The van der Waals surface area contributed by atoms with Crippen LogP contribution >= 0.6 is 0 Å². The van der Waals surface area contributed by atoms with Crippen molar-refractivity contribution in [3.05, 3.63) is 65.7 Å². The lowest BCUT2D eigenvalue weighted by Gasteiger charge is -2.24. The van der Waals surface area contributed by atoms with Crippen LogP contribution in [0, 0.1) is 0 Å². The van der Waals surface area contributed by atoms with E-state index in [4.69, 9.17) is 9.47 Å². The van der Waals surface area contributed by atoms with Gasteiger partial charge in [-0.25, -0.2) is 4.79 Å². The zero-order chi connectivity index (χ0) is 22.9. The number of benzene rings is 2. The van der Waals surface area contributed by atoms with E-state index in [1.54, 1.807) is 43.5 Å². The predicted molar refractivity (Wildman–Crippen MR) is 120 cm³/mol. The van der Waals surface area contributed by atoms with E-state index in [2.05, 4.69) is 10.6 Å². The molecule has 7 nitrogen and oxygen atoms in total. The largest absolute Gasteiger partial charge is 0.497 e. The average Bonchev–Trinajstić information content (AvgIpc) is 2.76.